The summed E-state index contributed by atoms with van der Waals surface area (Å²) in [6, 6.07) is 33.0. The first kappa shape index (κ1) is 33.7. The maximum absolute atomic E-state index is 14.9. The number of carbonyl (C=O) groups is 1. The van der Waals surface area contributed by atoms with E-state index in [4.69, 9.17) is 19.2 Å². The molecule has 252 valence electrons. The molecule has 0 radical (unpaired) electrons. The molecular formula is C41H42FN3O4. The van der Waals surface area contributed by atoms with Gasteiger partial charge in [-0.1, -0.05) is 84.9 Å². The van der Waals surface area contributed by atoms with E-state index in [2.05, 4.69) is 29.6 Å². The van der Waals surface area contributed by atoms with Gasteiger partial charge in [0.1, 0.15) is 11.4 Å². The van der Waals surface area contributed by atoms with Crippen molar-refractivity contribution in [2.45, 2.75) is 58.8 Å². The average molecular weight is 660 g/mol. The Labute approximate surface area is 286 Å². The summed E-state index contributed by atoms with van der Waals surface area (Å²) in [7, 11) is 1.44. The smallest absolute Gasteiger partial charge is 0.419 e. The Morgan fingerprint density at radius 1 is 0.878 bits per heavy atom. The van der Waals surface area contributed by atoms with Crippen molar-refractivity contribution in [3.8, 4) is 5.75 Å². The number of methoxy groups -OCH3 is 1. The molecule has 2 heterocycles. The Morgan fingerprint density at radius 3 is 2.27 bits per heavy atom. The number of hydrogen-bond acceptors (Lipinski definition) is 6. The quantitative estimate of drug-likeness (QED) is 0.132. The molecule has 0 saturated heterocycles. The summed E-state index contributed by atoms with van der Waals surface area (Å²) in [5.74, 6) is 0.425. The summed E-state index contributed by atoms with van der Waals surface area (Å²) in [4.78, 5) is 19.3. The van der Waals surface area contributed by atoms with Crippen LogP contribution in [0.25, 0.3) is 21.8 Å². The molecule has 0 aliphatic heterocycles. The van der Waals surface area contributed by atoms with Crippen molar-refractivity contribution >= 4 is 33.7 Å². The Bertz CT molecular complexity index is 2050. The van der Waals surface area contributed by atoms with Crippen LogP contribution < -0.4 is 10.1 Å². The number of nitrogens with one attached hydrogen (secondary N) is 1. The summed E-state index contributed by atoms with van der Waals surface area (Å²) in [5, 5.41) is 5.44. The fourth-order valence-electron chi connectivity index (χ4n) is 6.11. The lowest BCUT2D eigenvalue weighted by Crippen LogP contribution is -2.27. The van der Waals surface area contributed by atoms with Gasteiger partial charge in [-0.25, -0.2) is 18.7 Å². The van der Waals surface area contributed by atoms with Gasteiger partial charge in [0.15, 0.2) is 11.6 Å². The SMILES string of the molecule is COc1ccc(Cc2nc(NCc3ccccc3)c(CCCOCc3ccccc3)c3c4ccccc4n(C(=O)OC(C)(C)C)c23)cc1F. The number of hydrogen-bond donors (Lipinski definition) is 1. The lowest BCUT2D eigenvalue weighted by atomic mass is 9.99. The van der Waals surface area contributed by atoms with Crippen molar-refractivity contribution in [1.82, 2.24) is 9.55 Å². The second-order valence-electron chi connectivity index (χ2n) is 13.1. The summed E-state index contributed by atoms with van der Waals surface area (Å²) in [6.45, 7) is 7.19. The molecule has 1 N–H and O–H groups in total. The van der Waals surface area contributed by atoms with Gasteiger partial charge in [-0.3, -0.25) is 0 Å². The molecule has 2 aromatic heterocycles. The van der Waals surface area contributed by atoms with E-state index in [0.29, 0.717) is 43.0 Å². The molecule has 6 aromatic rings. The van der Waals surface area contributed by atoms with Gasteiger partial charge < -0.3 is 19.5 Å². The molecule has 7 nitrogen and oxygen atoms in total. The third-order valence-corrected chi connectivity index (χ3v) is 8.28. The Hall–Kier alpha value is -5.21. The van der Waals surface area contributed by atoms with E-state index in [0.717, 1.165) is 45.2 Å². The third kappa shape index (κ3) is 7.92. The second kappa shape index (κ2) is 14.9. The predicted octanol–water partition coefficient (Wildman–Crippen LogP) is 9.47. The van der Waals surface area contributed by atoms with Gasteiger partial charge in [0.2, 0.25) is 0 Å². The van der Waals surface area contributed by atoms with E-state index in [1.54, 1.807) is 10.6 Å². The number of aryl methyl sites for hydroxylation is 1. The number of para-hydroxylation sites is 1. The number of rotatable bonds is 12. The molecule has 0 unspecified atom stereocenters. The van der Waals surface area contributed by atoms with Gasteiger partial charge in [0.25, 0.3) is 0 Å². The van der Waals surface area contributed by atoms with E-state index in [1.807, 2.05) is 87.5 Å². The standard InChI is InChI=1S/C41H42FN3O4/c1-41(2,3)49-40(46)45-35-20-12-11-18-31(35)37-32(19-13-23-48-27-29-16-9-6-10-17-29)39(43-26-28-14-7-5-8-15-28)44-34(38(37)45)25-30-21-22-36(47-4)33(42)24-30/h5-12,14-18,20-22,24H,13,19,23,25-27H2,1-4H3,(H,43,44). The van der Waals surface area contributed by atoms with Crippen LogP contribution >= 0.6 is 0 Å². The first-order valence-corrected chi connectivity index (χ1v) is 16.6. The summed E-state index contributed by atoms with van der Waals surface area (Å²) in [5.41, 5.74) is 5.18. The zero-order valence-electron chi connectivity index (χ0n) is 28.5. The van der Waals surface area contributed by atoms with Crippen LogP contribution in [0.4, 0.5) is 15.0 Å². The van der Waals surface area contributed by atoms with E-state index >= 15 is 0 Å². The minimum absolute atomic E-state index is 0.166. The maximum atomic E-state index is 14.9. The number of benzene rings is 4. The average Bonchev–Trinajstić information content (AvgIpc) is 3.44. The van der Waals surface area contributed by atoms with Crippen molar-refractivity contribution in [3.63, 3.8) is 0 Å². The number of ether oxygens (including phenoxy) is 3. The number of halogens is 1. The van der Waals surface area contributed by atoms with E-state index in [1.165, 1.54) is 13.2 Å². The van der Waals surface area contributed by atoms with Crippen molar-refractivity contribution in [1.29, 1.82) is 0 Å². The largest absolute Gasteiger partial charge is 0.494 e. The van der Waals surface area contributed by atoms with Crippen molar-refractivity contribution in [3.05, 3.63) is 137 Å². The van der Waals surface area contributed by atoms with E-state index in [-0.39, 0.29) is 12.2 Å². The summed E-state index contributed by atoms with van der Waals surface area (Å²) >= 11 is 0. The fourth-order valence-corrected chi connectivity index (χ4v) is 6.11. The first-order chi connectivity index (χ1) is 23.7. The highest BCUT2D eigenvalue weighted by Gasteiger charge is 2.27. The molecule has 8 heteroatoms. The number of carbonyl (C=O) groups excluding carboxylic acids is 1. The lowest BCUT2D eigenvalue weighted by molar-refractivity contribution is 0.0551. The van der Waals surface area contributed by atoms with Crippen LogP contribution in [0.3, 0.4) is 0 Å². The van der Waals surface area contributed by atoms with Crippen LogP contribution in [0.2, 0.25) is 0 Å². The highest BCUT2D eigenvalue weighted by Crippen LogP contribution is 2.38. The molecule has 0 atom stereocenters. The third-order valence-electron chi connectivity index (χ3n) is 8.28. The van der Waals surface area contributed by atoms with Crippen LogP contribution in [0.15, 0.2) is 103 Å². The maximum Gasteiger partial charge on any atom is 0.419 e. The van der Waals surface area contributed by atoms with E-state index < -0.39 is 17.5 Å². The van der Waals surface area contributed by atoms with Gasteiger partial charge in [-0.2, -0.15) is 0 Å². The van der Waals surface area contributed by atoms with Crippen LogP contribution in [-0.2, 0) is 35.5 Å². The summed E-state index contributed by atoms with van der Waals surface area (Å²) < 4.78 is 33.8. The topological polar surface area (TPSA) is 74.6 Å². The molecule has 49 heavy (non-hydrogen) atoms. The monoisotopic (exact) mass is 659 g/mol. The summed E-state index contributed by atoms with van der Waals surface area (Å²) in [6.07, 6.45) is 1.16. The number of pyridine rings is 1. The molecule has 4 aromatic carbocycles. The lowest BCUT2D eigenvalue weighted by Gasteiger charge is -2.21. The number of nitrogens with zero attached hydrogens (tertiary/aromatic N) is 2. The van der Waals surface area contributed by atoms with Crippen molar-refractivity contribution in [2.75, 3.05) is 19.0 Å². The van der Waals surface area contributed by atoms with Gasteiger partial charge in [0.05, 0.1) is 30.4 Å². The normalized spacial score (nSPS) is 11.6. The highest BCUT2D eigenvalue weighted by molar-refractivity contribution is 6.15. The molecule has 0 saturated carbocycles. The van der Waals surface area contributed by atoms with Crippen LogP contribution in [0, 0.1) is 5.82 Å². The molecule has 6 rings (SSSR count). The Kier molecular flexibility index (Phi) is 10.3. The van der Waals surface area contributed by atoms with Crippen molar-refractivity contribution in [2.24, 2.45) is 0 Å². The van der Waals surface area contributed by atoms with Crippen LogP contribution in [0.5, 0.6) is 5.75 Å². The van der Waals surface area contributed by atoms with Crippen LogP contribution in [-0.4, -0.2) is 35.0 Å². The Morgan fingerprint density at radius 2 is 1.57 bits per heavy atom. The molecule has 0 aliphatic carbocycles. The van der Waals surface area contributed by atoms with Crippen LogP contribution in [0.1, 0.15) is 55.1 Å². The second-order valence-corrected chi connectivity index (χ2v) is 13.1. The molecule has 0 amide bonds. The van der Waals surface area contributed by atoms with Crippen molar-refractivity contribution < 1.29 is 23.4 Å². The number of fused-ring (bicyclic) bond motifs is 3. The molecular weight excluding hydrogens is 617 g/mol. The molecule has 0 bridgehead atoms. The molecule has 0 aliphatic rings. The highest BCUT2D eigenvalue weighted by atomic mass is 19.1. The van der Waals surface area contributed by atoms with Gasteiger partial charge in [-0.15, -0.1) is 0 Å². The minimum atomic E-state index is -0.725. The van der Waals surface area contributed by atoms with E-state index in [9.17, 15) is 9.18 Å². The first-order valence-electron chi connectivity index (χ1n) is 16.6. The van der Waals surface area contributed by atoms with Gasteiger partial charge in [0, 0.05) is 35.9 Å². The van der Waals surface area contributed by atoms with Gasteiger partial charge >= 0.3 is 6.09 Å². The number of aromatic nitrogens is 2. The molecule has 0 fully saturated rings. The minimum Gasteiger partial charge on any atom is -0.494 e. The zero-order chi connectivity index (χ0) is 34.4. The number of anilines is 1. The Balaban J connectivity index is 1.49. The zero-order valence-corrected chi connectivity index (χ0v) is 28.5. The molecule has 0 spiro atoms. The van der Waals surface area contributed by atoms with Gasteiger partial charge in [-0.05, 0) is 68.5 Å². The predicted molar refractivity (Wildman–Crippen MR) is 193 cm³/mol. The fraction of sp³-hybridized carbons (Fsp3) is 0.268.